The summed E-state index contributed by atoms with van der Waals surface area (Å²) in [6, 6.07) is 0. The van der Waals surface area contributed by atoms with Crippen molar-refractivity contribution < 1.29 is 7.72 Å². The molecule has 0 amide bonds. The van der Waals surface area contributed by atoms with Crippen LogP contribution in [0.5, 0.6) is 0 Å². The van der Waals surface area contributed by atoms with Crippen molar-refractivity contribution in [3.8, 4) is 0 Å². The molecule has 0 aliphatic carbocycles. The molecule has 10 aliphatic heterocycles. The van der Waals surface area contributed by atoms with E-state index >= 15 is 0 Å². The van der Waals surface area contributed by atoms with Crippen molar-refractivity contribution >= 4 is 15.8 Å². The van der Waals surface area contributed by atoms with Crippen molar-refractivity contribution in [2.24, 2.45) is 0 Å². The topological polar surface area (TPSA) is 0 Å². The first-order valence-electron chi connectivity index (χ1n) is 17.7. The van der Waals surface area contributed by atoms with Gasteiger partial charge in [0, 0.05) is 0 Å². The van der Waals surface area contributed by atoms with Crippen molar-refractivity contribution in [2.45, 2.75) is 174 Å². The molecule has 0 aromatic heterocycles. The van der Waals surface area contributed by atoms with Gasteiger partial charge in [0.15, 0.2) is 0 Å². The summed E-state index contributed by atoms with van der Waals surface area (Å²) in [5, 5.41) is 0. The van der Waals surface area contributed by atoms with Gasteiger partial charge in [-0.1, -0.05) is 0 Å². The first-order valence-corrected chi connectivity index (χ1v) is 30.9. The third-order valence-corrected chi connectivity index (χ3v) is 108. The predicted molar refractivity (Wildman–Crippen MR) is 165 cm³/mol. The zero-order valence-corrected chi connectivity index (χ0v) is 28.5. The van der Waals surface area contributed by atoms with Crippen LogP contribution in [-0.4, -0.2) is 32.1 Å². The number of hydrogen-bond donors (Lipinski definition) is 0. The molecule has 10 heterocycles. The zero-order valence-electron chi connectivity index (χ0n) is 25.0. The Hall–Kier alpha value is 1.48. The Morgan fingerprint density at radius 3 is 0.919 bits per heavy atom. The molecule has 0 radical (unpaired) electrons. The molecule has 1 spiro atoms. The Kier molecular flexibility index (Phi) is 2.75. The van der Waals surface area contributed by atoms with Crippen LogP contribution in [0.2, 0.25) is 36.1 Å². The van der Waals surface area contributed by atoms with Crippen LogP contribution in [0.1, 0.15) is 130 Å². The van der Waals surface area contributed by atoms with Crippen LogP contribution >= 0.6 is 15.8 Å². The number of hydrogen-bond acceptors (Lipinski definition) is 0. The van der Waals surface area contributed by atoms with E-state index in [9.17, 15) is 0 Å². The summed E-state index contributed by atoms with van der Waals surface area (Å²) in [4.78, 5) is 0. The van der Waals surface area contributed by atoms with E-state index < -0.39 is 7.72 Å². The van der Waals surface area contributed by atoms with Gasteiger partial charge in [0.25, 0.3) is 0 Å². The Bertz CT molecular complexity index is 1190. The minimum atomic E-state index is -3.62. The number of unbranched alkanes of at least 4 members (excludes halogenated alkanes) is 12. The van der Waals surface area contributed by atoms with Crippen LogP contribution in [0.4, 0.5) is 0 Å². The van der Waals surface area contributed by atoms with Gasteiger partial charge in [0.05, 0.1) is 0 Å². The van der Waals surface area contributed by atoms with Gasteiger partial charge in [0.1, 0.15) is 0 Å². The van der Waals surface area contributed by atoms with Gasteiger partial charge in [-0.15, -0.1) is 0 Å². The standard InChI is InChI=1S/C29H55P2.C5H5.Ru/c1-5-9-13-17-24-30(25-18-14-10-6-2)28-22-21-23-29(28)31(26-19-15-11-7-3)27-20-16-12-8-4;1-2-4-5-3-1;/h21-23H,5-20,24-27H2,1-4H3;1-5H;. The number of rotatable bonds is 22. The summed E-state index contributed by atoms with van der Waals surface area (Å²) in [6.07, 6.45) is 31.8. The second-order valence-corrected chi connectivity index (χ2v) is 61.1. The Balaban J connectivity index is 1.02. The van der Waals surface area contributed by atoms with Crippen LogP contribution in [0.25, 0.3) is 0 Å². The molecule has 0 bridgehead atoms. The molecule has 3 heteroatoms. The fraction of sp³-hybridized carbons (Fsp3) is 1.00. The molecule has 10 saturated heterocycles. The molecule has 10 aliphatic rings. The predicted octanol–water partition coefficient (Wildman–Crippen LogP) is 12.5. The van der Waals surface area contributed by atoms with Crippen LogP contribution in [-0.2, 0) is 7.72 Å². The van der Waals surface area contributed by atoms with Gasteiger partial charge in [-0.3, -0.25) is 0 Å². The molecule has 10 fully saturated rings. The van der Waals surface area contributed by atoms with Crippen LogP contribution in [0.3, 0.4) is 0 Å². The average Bonchev–Trinajstić information content (AvgIpc) is 3.85. The van der Waals surface area contributed by atoms with Gasteiger partial charge in [-0.25, -0.2) is 0 Å². The monoisotopic (exact) mass is 632 g/mol. The van der Waals surface area contributed by atoms with E-state index in [1.165, 1.54) is 58.9 Å². The van der Waals surface area contributed by atoms with Gasteiger partial charge < -0.3 is 0 Å². The van der Waals surface area contributed by atoms with E-state index in [4.69, 9.17) is 0 Å². The van der Waals surface area contributed by atoms with E-state index in [-0.39, 0.29) is 0 Å². The first-order chi connectivity index (χ1) is 18.0. The second kappa shape index (κ2) is 4.24. The molecule has 0 aromatic rings. The van der Waals surface area contributed by atoms with Crippen molar-refractivity contribution in [3.05, 3.63) is 0 Å². The quantitative estimate of drug-likeness (QED) is 0.0633. The SMILES string of the molecule is CCCCCCP(CCCCCC)[C]12[CH]3[CH]4[CH]5[C]1(P(CCCCCC)CCCCCC)[Ru]43521678[CH]2[CH]1[CH]6[CH]7[CH]28. The molecule has 4 atom stereocenters. The maximum atomic E-state index is 2.43. The summed E-state index contributed by atoms with van der Waals surface area (Å²) in [6.45, 7) is 9.72. The summed E-state index contributed by atoms with van der Waals surface area (Å²) < 4.78 is 14.9. The van der Waals surface area contributed by atoms with Crippen molar-refractivity contribution in [1.82, 2.24) is 0 Å². The molecule has 0 aromatic carbocycles. The molecule has 10 rings (SSSR count). The van der Waals surface area contributed by atoms with Crippen molar-refractivity contribution in [2.75, 3.05) is 24.6 Å². The summed E-state index contributed by atoms with van der Waals surface area (Å²) in [7, 11) is -2.84. The molecular weight excluding hydrogens is 571 g/mol. The van der Waals surface area contributed by atoms with E-state index in [1.54, 1.807) is 112 Å². The van der Waals surface area contributed by atoms with Crippen LogP contribution in [0.15, 0.2) is 0 Å². The minimum absolute atomic E-state index is 0.388. The van der Waals surface area contributed by atoms with Gasteiger partial charge in [-0.05, 0) is 0 Å². The third-order valence-electron chi connectivity index (χ3n) is 20.7. The normalized spacial score (nSPS) is 63.6. The molecule has 0 nitrogen and oxygen atoms in total. The van der Waals surface area contributed by atoms with Crippen LogP contribution in [0, 0.1) is 0 Å². The van der Waals surface area contributed by atoms with Crippen LogP contribution < -0.4 is 0 Å². The van der Waals surface area contributed by atoms with Crippen molar-refractivity contribution in [1.29, 1.82) is 0 Å². The average molecular weight is 632 g/mol. The number of fused-ring (bicyclic) bond motifs is 10. The molecular formula is C34H60P2Ru. The summed E-state index contributed by atoms with van der Waals surface area (Å²) >= 11 is 0. The second-order valence-electron chi connectivity index (χ2n) is 17.9. The molecule has 4 unspecified atom stereocenters. The molecule has 0 saturated carbocycles. The molecule has 37 heavy (non-hydrogen) atoms. The fourth-order valence-electron chi connectivity index (χ4n) is 21.9. The third kappa shape index (κ3) is 0.675. The molecule has 0 N–H and O–H groups in total. The Morgan fingerprint density at radius 2 is 0.703 bits per heavy atom. The zero-order chi connectivity index (χ0) is 25.2. The van der Waals surface area contributed by atoms with Gasteiger partial charge in [-0.2, -0.15) is 0 Å². The van der Waals surface area contributed by atoms with Crippen molar-refractivity contribution in [3.63, 3.8) is 0 Å². The summed E-state index contributed by atoms with van der Waals surface area (Å²) in [5.41, 5.74) is 0. The Morgan fingerprint density at radius 1 is 0.405 bits per heavy atom. The molecule has 214 valence electrons. The first kappa shape index (κ1) is 24.0. The van der Waals surface area contributed by atoms with E-state index in [0.29, 0.717) is 15.8 Å². The van der Waals surface area contributed by atoms with E-state index in [1.807, 2.05) is 0 Å². The van der Waals surface area contributed by atoms with Gasteiger partial charge in [0.2, 0.25) is 0 Å². The summed E-state index contributed by atoms with van der Waals surface area (Å²) in [5.74, 6) is 0. The van der Waals surface area contributed by atoms with E-state index in [2.05, 4.69) is 27.7 Å². The van der Waals surface area contributed by atoms with Gasteiger partial charge >= 0.3 is 222 Å². The fourth-order valence-corrected chi connectivity index (χ4v) is 204. The Labute approximate surface area is 221 Å². The van der Waals surface area contributed by atoms with E-state index in [0.717, 1.165) is 0 Å². The maximum absolute atomic E-state index is 3.62.